The molecule has 0 radical (unpaired) electrons. The number of carbonyl (C=O) groups is 1. The van der Waals surface area contributed by atoms with Crippen molar-refractivity contribution in [3.05, 3.63) is 35.9 Å². The fraction of sp³-hybridized carbons (Fsp3) is 0.682. The van der Waals surface area contributed by atoms with Crippen molar-refractivity contribution >= 4 is 6.03 Å². The lowest BCUT2D eigenvalue weighted by Crippen LogP contribution is -2.58. The highest BCUT2D eigenvalue weighted by molar-refractivity contribution is 5.75. The second kappa shape index (κ2) is 6.34. The summed E-state index contributed by atoms with van der Waals surface area (Å²) in [6, 6.07) is 11.7. The van der Waals surface area contributed by atoms with Crippen LogP contribution in [0.4, 0.5) is 4.79 Å². The highest BCUT2D eigenvalue weighted by atomic mass is 16.2. The normalized spacial score (nSPS) is 39.0. The molecule has 134 valence electrons. The summed E-state index contributed by atoms with van der Waals surface area (Å²) < 4.78 is 0. The first kappa shape index (κ1) is 15.7. The molecule has 4 aliphatic carbocycles. The van der Waals surface area contributed by atoms with E-state index in [4.69, 9.17) is 0 Å². The number of hydrogen-bond acceptors (Lipinski definition) is 1. The number of carbonyl (C=O) groups excluding carboxylic acids is 1. The van der Waals surface area contributed by atoms with Crippen LogP contribution in [0.1, 0.15) is 50.5 Å². The minimum absolute atomic E-state index is 0.218. The summed E-state index contributed by atoms with van der Waals surface area (Å²) in [7, 11) is 0. The van der Waals surface area contributed by atoms with Crippen molar-refractivity contribution in [2.24, 2.45) is 23.7 Å². The number of benzene rings is 1. The van der Waals surface area contributed by atoms with Gasteiger partial charge in [-0.15, -0.1) is 0 Å². The molecule has 4 saturated carbocycles. The topological polar surface area (TPSA) is 32.3 Å². The van der Waals surface area contributed by atoms with Gasteiger partial charge in [0.1, 0.15) is 0 Å². The molecule has 6 rings (SSSR count). The van der Waals surface area contributed by atoms with Crippen LogP contribution in [0.5, 0.6) is 0 Å². The fourth-order valence-corrected chi connectivity index (χ4v) is 6.59. The number of urea groups is 1. The van der Waals surface area contributed by atoms with E-state index in [-0.39, 0.29) is 6.03 Å². The van der Waals surface area contributed by atoms with E-state index in [1.54, 1.807) is 0 Å². The summed E-state index contributed by atoms with van der Waals surface area (Å²) >= 11 is 0. The summed E-state index contributed by atoms with van der Waals surface area (Å²) in [5.74, 6) is 3.45. The minimum atomic E-state index is 0.218. The number of nitrogens with zero attached hydrogens (tertiary/aromatic N) is 1. The smallest absolute Gasteiger partial charge is 0.317 e. The highest BCUT2D eigenvalue weighted by Crippen LogP contribution is 2.53. The Morgan fingerprint density at radius 3 is 2.36 bits per heavy atom. The molecule has 25 heavy (non-hydrogen) atoms. The lowest BCUT2D eigenvalue weighted by Gasteiger charge is -2.54. The van der Waals surface area contributed by atoms with E-state index in [9.17, 15) is 4.79 Å². The molecule has 5 aliphatic rings. The van der Waals surface area contributed by atoms with Crippen molar-refractivity contribution in [2.75, 3.05) is 6.54 Å². The second-order valence-electron chi connectivity index (χ2n) is 9.09. The zero-order valence-electron chi connectivity index (χ0n) is 15.1. The SMILES string of the molecule is O=C(NC1C2CC3CC(C2)CC1C3)N1CCCC1Cc1ccccc1. The number of likely N-dealkylation sites (tertiary alicyclic amines) is 1. The van der Waals surface area contributed by atoms with E-state index in [0.29, 0.717) is 12.1 Å². The average Bonchev–Trinajstić information content (AvgIpc) is 3.06. The largest absolute Gasteiger partial charge is 0.335 e. The molecule has 1 aromatic carbocycles. The third-order valence-corrected chi connectivity index (χ3v) is 7.47. The van der Waals surface area contributed by atoms with Gasteiger partial charge in [-0.25, -0.2) is 4.79 Å². The third-order valence-electron chi connectivity index (χ3n) is 7.47. The lowest BCUT2D eigenvalue weighted by molar-refractivity contribution is -0.0111. The molecule has 1 heterocycles. The van der Waals surface area contributed by atoms with E-state index in [0.717, 1.165) is 49.5 Å². The van der Waals surface area contributed by atoms with Crippen molar-refractivity contribution in [3.63, 3.8) is 0 Å². The molecule has 1 unspecified atom stereocenters. The van der Waals surface area contributed by atoms with Crippen LogP contribution < -0.4 is 5.32 Å². The zero-order valence-corrected chi connectivity index (χ0v) is 15.1. The van der Waals surface area contributed by atoms with Crippen molar-refractivity contribution < 1.29 is 4.79 Å². The average molecular weight is 338 g/mol. The number of hydrogen-bond donors (Lipinski definition) is 1. The van der Waals surface area contributed by atoms with Crippen LogP contribution in [0.25, 0.3) is 0 Å². The van der Waals surface area contributed by atoms with Crippen molar-refractivity contribution in [1.82, 2.24) is 10.2 Å². The molecular formula is C22H30N2O. The van der Waals surface area contributed by atoms with Crippen LogP contribution in [0.3, 0.4) is 0 Å². The molecule has 1 N–H and O–H groups in total. The molecule has 1 aromatic rings. The van der Waals surface area contributed by atoms with Gasteiger partial charge >= 0.3 is 6.03 Å². The van der Waals surface area contributed by atoms with E-state index in [1.165, 1.54) is 37.7 Å². The molecule has 1 saturated heterocycles. The standard InChI is InChI=1S/C22H30N2O/c25-22(23-21-18-10-16-9-17(12-18)13-19(21)11-16)24-8-4-7-20(24)14-15-5-2-1-3-6-15/h1-3,5-6,16-21H,4,7-14H2,(H,23,25). The van der Waals surface area contributed by atoms with Crippen LogP contribution in [0.2, 0.25) is 0 Å². The predicted molar refractivity (Wildman–Crippen MR) is 99.2 cm³/mol. The number of rotatable bonds is 3. The van der Waals surface area contributed by atoms with Gasteiger partial charge in [-0.2, -0.15) is 0 Å². The van der Waals surface area contributed by atoms with E-state index in [1.807, 2.05) is 0 Å². The summed E-state index contributed by atoms with van der Waals surface area (Å²) in [6.07, 6.45) is 10.2. The molecule has 1 atom stereocenters. The number of nitrogens with one attached hydrogen (secondary N) is 1. The maximum absolute atomic E-state index is 13.1. The summed E-state index contributed by atoms with van der Waals surface area (Å²) in [6.45, 7) is 0.927. The molecule has 3 heteroatoms. The van der Waals surface area contributed by atoms with Crippen LogP contribution >= 0.6 is 0 Å². The molecule has 5 fully saturated rings. The Bertz CT molecular complexity index is 600. The van der Waals surface area contributed by atoms with Crippen LogP contribution in [0, 0.1) is 23.7 Å². The van der Waals surface area contributed by atoms with Crippen molar-refractivity contribution in [3.8, 4) is 0 Å². The van der Waals surface area contributed by atoms with Gasteiger partial charge < -0.3 is 10.2 Å². The van der Waals surface area contributed by atoms with Crippen LogP contribution in [0.15, 0.2) is 30.3 Å². The summed E-state index contributed by atoms with van der Waals surface area (Å²) in [5, 5.41) is 3.51. The fourth-order valence-electron chi connectivity index (χ4n) is 6.59. The third kappa shape index (κ3) is 2.96. The Kier molecular flexibility index (Phi) is 3.98. The first-order valence-corrected chi connectivity index (χ1v) is 10.4. The minimum Gasteiger partial charge on any atom is -0.335 e. The number of amides is 2. The Labute approximate surface area is 151 Å². The first-order valence-electron chi connectivity index (χ1n) is 10.4. The summed E-state index contributed by atoms with van der Waals surface area (Å²) in [4.78, 5) is 15.2. The van der Waals surface area contributed by atoms with Crippen LogP contribution in [-0.2, 0) is 6.42 Å². The van der Waals surface area contributed by atoms with Gasteiger partial charge in [-0.1, -0.05) is 30.3 Å². The Hall–Kier alpha value is -1.51. The highest BCUT2D eigenvalue weighted by Gasteiger charge is 2.49. The van der Waals surface area contributed by atoms with E-state index >= 15 is 0 Å². The van der Waals surface area contributed by atoms with Crippen LogP contribution in [-0.4, -0.2) is 29.6 Å². The van der Waals surface area contributed by atoms with Gasteiger partial charge in [0.15, 0.2) is 0 Å². The van der Waals surface area contributed by atoms with E-state index in [2.05, 4.69) is 40.5 Å². The van der Waals surface area contributed by atoms with Gasteiger partial charge in [-0.05, 0) is 80.6 Å². The maximum Gasteiger partial charge on any atom is 0.317 e. The Morgan fingerprint density at radius 2 is 1.68 bits per heavy atom. The van der Waals surface area contributed by atoms with Gasteiger partial charge in [0.2, 0.25) is 0 Å². The van der Waals surface area contributed by atoms with Crippen molar-refractivity contribution in [1.29, 1.82) is 0 Å². The van der Waals surface area contributed by atoms with Gasteiger partial charge in [-0.3, -0.25) is 0 Å². The molecule has 1 aliphatic heterocycles. The van der Waals surface area contributed by atoms with Gasteiger partial charge in [0.25, 0.3) is 0 Å². The quantitative estimate of drug-likeness (QED) is 0.879. The second-order valence-corrected chi connectivity index (χ2v) is 9.09. The molecule has 3 nitrogen and oxygen atoms in total. The monoisotopic (exact) mass is 338 g/mol. The molecule has 0 aromatic heterocycles. The van der Waals surface area contributed by atoms with Gasteiger partial charge in [0.05, 0.1) is 0 Å². The predicted octanol–water partition coefficient (Wildman–Crippen LogP) is 4.23. The lowest BCUT2D eigenvalue weighted by atomic mass is 9.54. The van der Waals surface area contributed by atoms with Crippen molar-refractivity contribution in [2.45, 2.75) is 63.5 Å². The Balaban J connectivity index is 1.24. The molecule has 2 amide bonds. The summed E-state index contributed by atoms with van der Waals surface area (Å²) in [5.41, 5.74) is 1.35. The zero-order chi connectivity index (χ0) is 16.8. The molecule has 0 spiro atoms. The maximum atomic E-state index is 13.1. The Morgan fingerprint density at radius 1 is 1.00 bits per heavy atom. The molecule has 4 bridgehead atoms. The molecular weight excluding hydrogens is 308 g/mol. The van der Waals surface area contributed by atoms with E-state index < -0.39 is 0 Å². The van der Waals surface area contributed by atoms with Gasteiger partial charge in [0, 0.05) is 18.6 Å². The first-order chi connectivity index (χ1) is 12.3.